The van der Waals surface area contributed by atoms with Crippen molar-refractivity contribution in [3.63, 3.8) is 0 Å². The molecule has 0 aliphatic heterocycles. The van der Waals surface area contributed by atoms with E-state index >= 15 is 0 Å². The van der Waals surface area contributed by atoms with Crippen molar-refractivity contribution >= 4 is 6.72 Å². The predicted molar refractivity (Wildman–Crippen MR) is 57.0 cm³/mol. The second kappa shape index (κ2) is 5.62. The van der Waals surface area contributed by atoms with E-state index in [2.05, 4.69) is 17.2 Å². The number of allylic oxidation sites excluding steroid dienone is 1. The van der Waals surface area contributed by atoms with E-state index in [0.717, 1.165) is 12.8 Å². The average Bonchev–Trinajstić information content (AvgIpc) is 2.14. The van der Waals surface area contributed by atoms with E-state index in [1.807, 2.05) is 26.8 Å². The monoisotopic (exact) mass is 184 g/mol. The van der Waals surface area contributed by atoms with E-state index in [1.165, 1.54) is 0 Å². The van der Waals surface area contributed by atoms with Gasteiger partial charge >= 0.3 is 0 Å². The molecule has 76 valence electrons. The van der Waals surface area contributed by atoms with Gasteiger partial charge in [0, 0.05) is 18.7 Å². The highest BCUT2D eigenvalue weighted by atomic mass is 16.3. The molecule has 0 heterocycles. The Balaban J connectivity index is 4.41. The van der Waals surface area contributed by atoms with Crippen molar-refractivity contribution in [2.45, 2.75) is 33.6 Å². The number of hydrazone groups is 1. The minimum Gasteiger partial charge on any atom is -0.512 e. The van der Waals surface area contributed by atoms with Gasteiger partial charge in [-0.3, -0.25) is 0 Å². The summed E-state index contributed by atoms with van der Waals surface area (Å²) in [6.45, 7) is 10.0. The van der Waals surface area contributed by atoms with Crippen LogP contribution in [0.4, 0.5) is 0 Å². The Hall–Kier alpha value is -0.990. The van der Waals surface area contributed by atoms with Crippen LogP contribution >= 0.6 is 0 Å². The summed E-state index contributed by atoms with van der Waals surface area (Å²) in [5.74, 6) is 0.439. The molecule has 0 spiro atoms. The maximum atomic E-state index is 9.75. The standard InChI is InChI=1S/C10H20N2O/c1-5-7-9(13)10(3,6-2)8-12-11-4/h7,12-13H,4-6,8H2,1-3H3/b9-7+. The van der Waals surface area contributed by atoms with Crippen LogP contribution in [0.25, 0.3) is 0 Å². The van der Waals surface area contributed by atoms with Gasteiger partial charge in [-0.25, -0.2) is 0 Å². The van der Waals surface area contributed by atoms with Crippen molar-refractivity contribution in [1.82, 2.24) is 5.43 Å². The van der Waals surface area contributed by atoms with Gasteiger partial charge in [-0.05, 0) is 18.9 Å². The van der Waals surface area contributed by atoms with Crippen molar-refractivity contribution in [2.75, 3.05) is 6.54 Å². The van der Waals surface area contributed by atoms with E-state index in [0.29, 0.717) is 12.3 Å². The van der Waals surface area contributed by atoms with Crippen LogP contribution in [0.5, 0.6) is 0 Å². The minimum atomic E-state index is -0.225. The third-order valence-electron chi connectivity index (χ3n) is 2.38. The van der Waals surface area contributed by atoms with Gasteiger partial charge in [-0.1, -0.05) is 20.8 Å². The first-order valence-corrected chi connectivity index (χ1v) is 4.69. The topological polar surface area (TPSA) is 44.6 Å². The molecular formula is C10H20N2O. The van der Waals surface area contributed by atoms with Crippen molar-refractivity contribution in [2.24, 2.45) is 10.5 Å². The number of nitrogens with zero attached hydrogens (tertiary/aromatic N) is 1. The fourth-order valence-corrected chi connectivity index (χ4v) is 1.07. The first kappa shape index (κ1) is 12.0. The maximum Gasteiger partial charge on any atom is 0.0959 e. The molecule has 0 bridgehead atoms. The number of hydrogen-bond acceptors (Lipinski definition) is 3. The van der Waals surface area contributed by atoms with Gasteiger partial charge in [0.1, 0.15) is 0 Å². The zero-order chi connectivity index (χ0) is 10.3. The molecule has 0 amide bonds. The summed E-state index contributed by atoms with van der Waals surface area (Å²) in [5.41, 5.74) is 2.57. The van der Waals surface area contributed by atoms with E-state index in [4.69, 9.17) is 0 Å². The van der Waals surface area contributed by atoms with Crippen LogP contribution in [-0.4, -0.2) is 18.4 Å². The molecule has 0 rings (SSSR count). The average molecular weight is 184 g/mol. The third kappa shape index (κ3) is 3.49. The summed E-state index contributed by atoms with van der Waals surface area (Å²) in [6, 6.07) is 0. The quantitative estimate of drug-likeness (QED) is 0.378. The predicted octanol–water partition coefficient (Wildman–Crippen LogP) is 2.46. The number of hydrogen-bond donors (Lipinski definition) is 2. The first-order valence-electron chi connectivity index (χ1n) is 4.69. The lowest BCUT2D eigenvalue weighted by atomic mass is 9.85. The van der Waals surface area contributed by atoms with Crippen LogP contribution in [0.15, 0.2) is 16.9 Å². The lowest BCUT2D eigenvalue weighted by Gasteiger charge is -2.27. The molecule has 1 atom stereocenters. The van der Waals surface area contributed by atoms with Crippen LogP contribution < -0.4 is 5.43 Å². The van der Waals surface area contributed by atoms with Crippen LogP contribution in [-0.2, 0) is 0 Å². The molecule has 0 aliphatic rings. The highest BCUT2D eigenvalue weighted by Gasteiger charge is 2.26. The van der Waals surface area contributed by atoms with Crippen molar-refractivity contribution in [3.05, 3.63) is 11.8 Å². The van der Waals surface area contributed by atoms with Crippen LogP contribution in [0.2, 0.25) is 0 Å². The number of rotatable bonds is 6. The maximum absolute atomic E-state index is 9.75. The van der Waals surface area contributed by atoms with Crippen LogP contribution in [0.3, 0.4) is 0 Å². The summed E-state index contributed by atoms with van der Waals surface area (Å²) in [4.78, 5) is 0. The summed E-state index contributed by atoms with van der Waals surface area (Å²) in [7, 11) is 0. The summed E-state index contributed by atoms with van der Waals surface area (Å²) >= 11 is 0. The van der Waals surface area contributed by atoms with E-state index < -0.39 is 0 Å². The molecule has 0 saturated heterocycles. The van der Waals surface area contributed by atoms with Gasteiger partial charge in [0.25, 0.3) is 0 Å². The highest BCUT2D eigenvalue weighted by Crippen LogP contribution is 2.28. The summed E-state index contributed by atoms with van der Waals surface area (Å²) in [6.07, 6.45) is 3.56. The molecule has 0 aliphatic carbocycles. The molecular weight excluding hydrogens is 164 g/mol. The largest absolute Gasteiger partial charge is 0.512 e. The Morgan fingerprint density at radius 2 is 2.23 bits per heavy atom. The normalized spacial score (nSPS) is 16.4. The molecule has 13 heavy (non-hydrogen) atoms. The van der Waals surface area contributed by atoms with Gasteiger partial charge in [-0.2, -0.15) is 5.10 Å². The molecule has 1 unspecified atom stereocenters. The van der Waals surface area contributed by atoms with Gasteiger partial charge in [0.05, 0.1) is 5.76 Å². The molecule has 0 saturated carbocycles. The second-order valence-electron chi connectivity index (χ2n) is 3.40. The minimum absolute atomic E-state index is 0.225. The molecule has 2 N–H and O–H groups in total. The lowest BCUT2D eigenvalue weighted by molar-refractivity contribution is 0.223. The third-order valence-corrected chi connectivity index (χ3v) is 2.38. The van der Waals surface area contributed by atoms with E-state index in [1.54, 1.807) is 0 Å². The Kier molecular flexibility index (Phi) is 5.19. The Labute approximate surface area is 80.5 Å². The van der Waals surface area contributed by atoms with Crippen molar-refractivity contribution < 1.29 is 5.11 Å². The molecule has 0 aromatic carbocycles. The van der Waals surface area contributed by atoms with Gasteiger partial charge in [0.15, 0.2) is 0 Å². The number of aliphatic hydroxyl groups excluding tert-OH is 1. The number of nitrogens with one attached hydrogen (secondary N) is 1. The van der Waals surface area contributed by atoms with Gasteiger partial charge < -0.3 is 10.5 Å². The first-order chi connectivity index (χ1) is 6.10. The smallest absolute Gasteiger partial charge is 0.0959 e. The fourth-order valence-electron chi connectivity index (χ4n) is 1.07. The molecule has 0 aromatic rings. The molecule has 3 nitrogen and oxygen atoms in total. The summed E-state index contributed by atoms with van der Waals surface area (Å²) in [5, 5.41) is 13.3. The van der Waals surface area contributed by atoms with Gasteiger partial charge in [0.2, 0.25) is 0 Å². The highest BCUT2D eigenvalue weighted by molar-refractivity contribution is 5.22. The molecule has 0 radical (unpaired) electrons. The second-order valence-corrected chi connectivity index (χ2v) is 3.40. The fraction of sp³-hybridized carbons (Fsp3) is 0.700. The van der Waals surface area contributed by atoms with Crippen LogP contribution in [0, 0.1) is 5.41 Å². The molecule has 0 aromatic heterocycles. The number of aliphatic hydroxyl groups is 1. The zero-order valence-electron chi connectivity index (χ0n) is 8.80. The summed E-state index contributed by atoms with van der Waals surface area (Å²) < 4.78 is 0. The van der Waals surface area contributed by atoms with Crippen molar-refractivity contribution in [3.8, 4) is 0 Å². The Bertz CT molecular complexity index is 189. The van der Waals surface area contributed by atoms with Gasteiger partial charge in [-0.15, -0.1) is 0 Å². The Morgan fingerprint density at radius 1 is 1.62 bits per heavy atom. The molecule has 3 heteroatoms. The van der Waals surface area contributed by atoms with Crippen LogP contribution in [0.1, 0.15) is 33.6 Å². The SMILES string of the molecule is C=NNCC(C)(CC)/C(O)=C\CC. The lowest BCUT2D eigenvalue weighted by Crippen LogP contribution is -2.30. The van der Waals surface area contributed by atoms with E-state index in [9.17, 15) is 5.11 Å². The Morgan fingerprint density at radius 3 is 2.62 bits per heavy atom. The zero-order valence-corrected chi connectivity index (χ0v) is 8.80. The molecule has 0 fully saturated rings. The van der Waals surface area contributed by atoms with Crippen molar-refractivity contribution in [1.29, 1.82) is 0 Å². The van der Waals surface area contributed by atoms with E-state index in [-0.39, 0.29) is 5.41 Å².